The molecule has 3 aromatic rings. The largest absolute Gasteiger partial charge is 0.268 e. The number of rotatable bonds is 6. The van der Waals surface area contributed by atoms with Crippen molar-refractivity contribution in [2.75, 3.05) is 0 Å². The number of hydrogen-bond donors (Lipinski definition) is 1. The van der Waals surface area contributed by atoms with Crippen molar-refractivity contribution < 1.29 is 8.42 Å². The van der Waals surface area contributed by atoms with Crippen molar-refractivity contribution in [3.63, 3.8) is 0 Å². The van der Waals surface area contributed by atoms with Crippen molar-refractivity contribution in [3.05, 3.63) is 81.7 Å². The molecule has 0 spiro atoms. The van der Waals surface area contributed by atoms with Gasteiger partial charge < -0.3 is 0 Å². The van der Waals surface area contributed by atoms with E-state index in [1.807, 2.05) is 75.8 Å². The molecule has 6 heteroatoms. The molecule has 2 aromatic carbocycles. The standard InChI is InChI=1S/C22H27N3O2S/c1-15-16(2)18(4)22(19(5)17(15)3)28(26,27)24-13-20-7-9-21(10-8-20)14-25-12-6-11-23-25/h6-12,24H,13-14H2,1-5H3. The van der Waals surface area contributed by atoms with Gasteiger partial charge in [-0.05, 0) is 79.6 Å². The first-order valence-corrected chi connectivity index (χ1v) is 10.8. The Balaban J connectivity index is 1.77. The smallest absolute Gasteiger partial charge is 0.241 e. The van der Waals surface area contributed by atoms with E-state index in [1.54, 1.807) is 6.20 Å². The van der Waals surface area contributed by atoms with Crippen LogP contribution in [0, 0.1) is 34.6 Å². The molecular formula is C22H27N3O2S. The summed E-state index contributed by atoms with van der Waals surface area (Å²) < 4.78 is 30.7. The Labute approximate surface area is 167 Å². The van der Waals surface area contributed by atoms with E-state index in [1.165, 1.54) is 0 Å². The van der Waals surface area contributed by atoms with Gasteiger partial charge in [0.2, 0.25) is 10.0 Å². The van der Waals surface area contributed by atoms with Crippen LogP contribution in [0.15, 0.2) is 47.6 Å². The van der Waals surface area contributed by atoms with E-state index in [2.05, 4.69) is 9.82 Å². The van der Waals surface area contributed by atoms with E-state index in [4.69, 9.17) is 0 Å². The number of nitrogens with zero attached hydrogens (tertiary/aromatic N) is 2. The topological polar surface area (TPSA) is 64.0 Å². The lowest BCUT2D eigenvalue weighted by molar-refractivity contribution is 0.579. The maximum atomic E-state index is 13.0. The Morgan fingerprint density at radius 1 is 0.857 bits per heavy atom. The van der Waals surface area contributed by atoms with E-state index >= 15 is 0 Å². The van der Waals surface area contributed by atoms with Crippen LogP contribution in [-0.2, 0) is 23.1 Å². The summed E-state index contributed by atoms with van der Waals surface area (Å²) >= 11 is 0. The van der Waals surface area contributed by atoms with Crippen molar-refractivity contribution in [2.45, 2.75) is 52.6 Å². The highest BCUT2D eigenvalue weighted by Crippen LogP contribution is 2.29. The van der Waals surface area contributed by atoms with Crippen LogP contribution in [0.1, 0.15) is 38.9 Å². The summed E-state index contributed by atoms with van der Waals surface area (Å²) in [5.74, 6) is 0. The van der Waals surface area contributed by atoms with Gasteiger partial charge in [0.25, 0.3) is 0 Å². The van der Waals surface area contributed by atoms with Crippen LogP contribution >= 0.6 is 0 Å². The summed E-state index contributed by atoms with van der Waals surface area (Å²) in [6.45, 7) is 10.7. The minimum absolute atomic E-state index is 0.259. The molecule has 28 heavy (non-hydrogen) atoms. The number of nitrogens with one attached hydrogen (secondary N) is 1. The van der Waals surface area contributed by atoms with Gasteiger partial charge in [-0.1, -0.05) is 24.3 Å². The SMILES string of the molecule is Cc1c(C)c(C)c(S(=O)(=O)NCc2ccc(Cn3cccn3)cc2)c(C)c1C. The summed E-state index contributed by atoms with van der Waals surface area (Å²) in [6.07, 6.45) is 3.67. The summed E-state index contributed by atoms with van der Waals surface area (Å²) in [5.41, 5.74) is 6.90. The maximum absolute atomic E-state index is 13.0. The van der Waals surface area contributed by atoms with Gasteiger partial charge in [-0.15, -0.1) is 0 Å². The van der Waals surface area contributed by atoms with Gasteiger partial charge in [0.1, 0.15) is 0 Å². The average molecular weight is 398 g/mol. The summed E-state index contributed by atoms with van der Waals surface area (Å²) in [5, 5.41) is 4.20. The molecule has 0 fully saturated rings. The molecule has 1 aromatic heterocycles. The monoisotopic (exact) mass is 397 g/mol. The van der Waals surface area contributed by atoms with Crippen molar-refractivity contribution in [3.8, 4) is 0 Å². The molecule has 148 valence electrons. The van der Waals surface area contributed by atoms with Gasteiger partial charge in [-0.3, -0.25) is 4.68 Å². The zero-order valence-electron chi connectivity index (χ0n) is 17.1. The molecular weight excluding hydrogens is 370 g/mol. The molecule has 0 atom stereocenters. The molecule has 0 bridgehead atoms. The van der Waals surface area contributed by atoms with E-state index in [0.717, 1.165) is 38.9 Å². The third-order valence-corrected chi connectivity index (χ3v) is 7.27. The highest BCUT2D eigenvalue weighted by atomic mass is 32.2. The number of sulfonamides is 1. The summed E-state index contributed by atoms with van der Waals surface area (Å²) in [6, 6.07) is 9.80. The van der Waals surface area contributed by atoms with Crippen molar-refractivity contribution in [1.29, 1.82) is 0 Å². The van der Waals surface area contributed by atoms with Gasteiger partial charge in [0.05, 0.1) is 11.4 Å². The molecule has 0 saturated heterocycles. The third-order valence-electron chi connectivity index (χ3n) is 5.59. The fourth-order valence-electron chi connectivity index (χ4n) is 3.46. The molecule has 0 aliphatic rings. The second-order valence-corrected chi connectivity index (χ2v) is 9.00. The summed E-state index contributed by atoms with van der Waals surface area (Å²) in [7, 11) is -3.60. The molecule has 0 amide bonds. The second kappa shape index (κ2) is 7.89. The Hall–Kier alpha value is -2.44. The Bertz CT molecular complexity index is 1050. The van der Waals surface area contributed by atoms with Crippen LogP contribution in [0.5, 0.6) is 0 Å². The molecule has 0 aliphatic heterocycles. The summed E-state index contributed by atoms with van der Waals surface area (Å²) in [4.78, 5) is 0.406. The van der Waals surface area contributed by atoms with Crippen LogP contribution in [0.2, 0.25) is 0 Å². The Morgan fingerprint density at radius 3 is 1.93 bits per heavy atom. The van der Waals surface area contributed by atoms with Crippen molar-refractivity contribution in [2.24, 2.45) is 0 Å². The minimum atomic E-state index is -3.60. The molecule has 0 saturated carbocycles. The average Bonchev–Trinajstić information content (AvgIpc) is 3.17. The number of aromatic nitrogens is 2. The molecule has 1 heterocycles. The predicted molar refractivity (Wildman–Crippen MR) is 112 cm³/mol. The van der Waals surface area contributed by atoms with Gasteiger partial charge in [0.15, 0.2) is 0 Å². The van der Waals surface area contributed by atoms with Crippen LogP contribution in [-0.4, -0.2) is 18.2 Å². The van der Waals surface area contributed by atoms with E-state index < -0.39 is 10.0 Å². The lowest BCUT2D eigenvalue weighted by Gasteiger charge is -2.19. The van der Waals surface area contributed by atoms with E-state index in [0.29, 0.717) is 11.4 Å². The third kappa shape index (κ3) is 4.03. The number of hydrogen-bond acceptors (Lipinski definition) is 3. The second-order valence-electron chi connectivity index (χ2n) is 7.30. The van der Waals surface area contributed by atoms with Gasteiger partial charge >= 0.3 is 0 Å². The van der Waals surface area contributed by atoms with Gasteiger partial charge in [-0.2, -0.15) is 5.10 Å². The van der Waals surface area contributed by atoms with E-state index in [9.17, 15) is 8.42 Å². The maximum Gasteiger partial charge on any atom is 0.241 e. The predicted octanol–water partition coefficient (Wildman–Crippen LogP) is 3.95. The van der Waals surface area contributed by atoms with Crippen LogP contribution < -0.4 is 4.72 Å². The molecule has 3 rings (SSSR count). The van der Waals surface area contributed by atoms with Crippen LogP contribution in [0.25, 0.3) is 0 Å². The van der Waals surface area contributed by atoms with Gasteiger partial charge in [0, 0.05) is 18.9 Å². The normalized spacial score (nSPS) is 11.8. The zero-order chi connectivity index (χ0) is 20.5. The molecule has 1 N–H and O–H groups in total. The highest BCUT2D eigenvalue weighted by molar-refractivity contribution is 7.89. The number of benzene rings is 2. The Morgan fingerprint density at radius 2 is 1.39 bits per heavy atom. The molecule has 5 nitrogen and oxygen atoms in total. The minimum Gasteiger partial charge on any atom is -0.268 e. The first-order valence-electron chi connectivity index (χ1n) is 9.32. The quantitative estimate of drug-likeness (QED) is 0.685. The zero-order valence-corrected chi connectivity index (χ0v) is 17.9. The molecule has 0 aliphatic carbocycles. The first-order chi connectivity index (χ1) is 13.2. The Kier molecular flexibility index (Phi) is 5.72. The fourth-order valence-corrected chi connectivity index (χ4v) is 5.08. The van der Waals surface area contributed by atoms with Crippen molar-refractivity contribution >= 4 is 10.0 Å². The van der Waals surface area contributed by atoms with Gasteiger partial charge in [-0.25, -0.2) is 13.1 Å². The lowest BCUT2D eigenvalue weighted by atomic mass is 9.95. The van der Waals surface area contributed by atoms with Crippen molar-refractivity contribution in [1.82, 2.24) is 14.5 Å². The van der Waals surface area contributed by atoms with Crippen LogP contribution in [0.4, 0.5) is 0 Å². The first kappa shape index (κ1) is 20.3. The molecule has 0 radical (unpaired) electrons. The fraction of sp³-hybridized carbons (Fsp3) is 0.318. The molecule has 0 unspecified atom stereocenters. The van der Waals surface area contributed by atoms with E-state index in [-0.39, 0.29) is 6.54 Å². The lowest BCUT2D eigenvalue weighted by Crippen LogP contribution is -2.25. The highest BCUT2D eigenvalue weighted by Gasteiger charge is 2.23. The van der Waals surface area contributed by atoms with Crippen LogP contribution in [0.3, 0.4) is 0 Å².